The van der Waals surface area contributed by atoms with Gasteiger partial charge in [0.2, 0.25) is 0 Å². The van der Waals surface area contributed by atoms with E-state index in [2.05, 4.69) is 5.73 Å². The van der Waals surface area contributed by atoms with Crippen molar-refractivity contribution < 1.29 is 24.5 Å². The van der Waals surface area contributed by atoms with Gasteiger partial charge in [0.25, 0.3) is 0 Å². The Balaban J connectivity index is 2.39. The third-order valence-electron chi connectivity index (χ3n) is 2.48. The molecule has 6 nitrogen and oxygen atoms in total. The second kappa shape index (κ2) is 6.69. The summed E-state index contributed by atoms with van der Waals surface area (Å²) in [6.07, 6.45) is -0.284. The molecule has 1 unspecified atom stereocenters. The predicted molar refractivity (Wildman–Crippen MR) is 65.5 cm³/mol. The molecule has 0 spiro atoms. The van der Waals surface area contributed by atoms with Crippen LogP contribution in [-0.4, -0.2) is 36.7 Å². The van der Waals surface area contributed by atoms with E-state index in [9.17, 15) is 14.0 Å². The van der Waals surface area contributed by atoms with Crippen LogP contribution in [0.4, 0.5) is 14.0 Å². The molecule has 3 amide bonds. The molecule has 1 atom stereocenters. The molecule has 7 heteroatoms. The molecule has 0 heterocycles. The van der Waals surface area contributed by atoms with Crippen LogP contribution < -0.4 is 11.5 Å². The lowest BCUT2D eigenvalue weighted by Gasteiger charge is -2.14. The van der Waals surface area contributed by atoms with Gasteiger partial charge in [-0.1, -0.05) is 12.1 Å². The van der Waals surface area contributed by atoms with Crippen LogP contribution in [0, 0.1) is 5.82 Å². The highest BCUT2D eigenvalue weighted by molar-refractivity contribution is 5.89. The van der Waals surface area contributed by atoms with Gasteiger partial charge in [0.1, 0.15) is 18.5 Å². The van der Waals surface area contributed by atoms with Crippen molar-refractivity contribution in [2.45, 2.75) is 12.5 Å². The van der Waals surface area contributed by atoms with Gasteiger partial charge in [0.05, 0.1) is 0 Å². The number of carbonyl (C=O) groups is 2. The van der Waals surface area contributed by atoms with E-state index in [0.29, 0.717) is 11.3 Å². The maximum Gasteiger partial charge on any atom is 0.417 e. The van der Waals surface area contributed by atoms with Crippen LogP contribution in [0.1, 0.15) is 5.56 Å². The Morgan fingerprint density at radius 3 is 2.53 bits per heavy atom. The smallest absolute Gasteiger partial charge is 0.417 e. The van der Waals surface area contributed by atoms with Crippen LogP contribution in [0.25, 0.3) is 0 Å². The predicted octanol–water partition coefficient (Wildman–Crippen LogP) is 0.126. The number of halogens is 1. The molecule has 19 heavy (non-hydrogen) atoms. The largest absolute Gasteiger partial charge is 0.443 e. The number of urea groups is 1. The summed E-state index contributed by atoms with van der Waals surface area (Å²) in [5, 5.41) is 0. The number of carbonyl (C=O) groups excluding carboxylic acids is 2. The summed E-state index contributed by atoms with van der Waals surface area (Å²) < 4.78 is 17.6. The average molecular weight is 270 g/mol. The molecule has 0 bridgehead atoms. The van der Waals surface area contributed by atoms with E-state index >= 15 is 0 Å². The highest BCUT2D eigenvalue weighted by Gasteiger charge is 2.17. The first-order chi connectivity index (χ1) is 8.90. The first kappa shape index (κ1) is 14.9. The van der Waals surface area contributed by atoms with Crippen LogP contribution in [-0.2, 0) is 11.2 Å². The maximum atomic E-state index is 12.7. The molecule has 0 radical (unpaired) electrons. The standard InChI is InChI=1S/C12H16FN3O3/c1-16(11(15)17)12(18)19-7-10(14)6-8-2-4-9(13)5-3-8/h2-5,10H,6-7,14H2,1H3,(H2,15,17)/p+1. The Hall–Kier alpha value is -2.15. The van der Waals surface area contributed by atoms with Gasteiger partial charge in [-0.05, 0) is 17.7 Å². The van der Waals surface area contributed by atoms with Crippen LogP contribution in [0.5, 0.6) is 0 Å². The van der Waals surface area contributed by atoms with Crippen molar-refractivity contribution in [3.8, 4) is 0 Å². The lowest BCUT2D eigenvalue weighted by atomic mass is 10.1. The SMILES string of the molecule is CN(C(N)=O)C(=O)OCC([NH3+])Cc1ccc(F)cc1. The zero-order valence-electron chi connectivity index (χ0n) is 10.6. The van der Waals surface area contributed by atoms with Gasteiger partial charge >= 0.3 is 12.1 Å². The molecule has 0 saturated carbocycles. The van der Waals surface area contributed by atoms with Crippen molar-refractivity contribution in [1.82, 2.24) is 4.90 Å². The Labute approximate surface area is 110 Å². The Bertz CT molecular complexity index is 450. The normalized spacial score (nSPS) is 11.7. The van der Waals surface area contributed by atoms with Gasteiger partial charge in [0, 0.05) is 13.5 Å². The lowest BCUT2D eigenvalue weighted by Crippen LogP contribution is -2.64. The monoisotopic (exact) mass is 270 g/mol. The van der Waals surface area contributed by atoms with Crippen molar-refractivity contribution in [3.05, 3.63) is 35.6 Å². The first-order valence-corrected chi connectivity index (χ1v) is 5.67. The summed E-state index contributed by atoms with van der Waals surface area (Å²) in [5.74, 6) is -0.307. The van der Waals surface area contributed by atoms with Crippen molar-refractivity contribution in [1.29, 1.82) is 0 Å². The van der Waals surface area contributed by atoms with E-state index in [0.717, 1.165) is 5.56 Å². The van der Waals surface area contributed by atoms with E-state index in [-0.39, 0.29) is 18.5 Å². The number of primary amides is 1. The van der Waals surface area contributed by atoms with Crippen molar-refractivity contribution in [3.63, 3.8) is 0 Å². The topological polar surface area (TPSA) is 100 Å². The lowest BCUT2D eigenvalue weighted by molar-refractivity contribution is -0.424. The summed E-state index contributed by atoms with van der Waals surface area (Å²) in [4.78, 5) is 22.7. The summed E-state index contributed by atoms with van der Waals surface area (Å²) in [6.45, 7) is 0.0494. The van der Waals surface area contributed by atoms with E-state index in [1.54, 1.807) is 12.1 Å². The number of nitrogens with zero attached hydrogens (tertiary/aromatic N) is 1. The van der Waals surface area contributed by atoms with Crippen LogP contribution in [0.2, 0.25) is 0 Å². The molecule has 0 fully saturated rings. The molecule has 0 aliphatic heterocycles. The molecular weight excluding hydrogens is 253 g/mol. The number of amides is 3. The minimum atomic E-state index is -0.885. The maximum absolute atomic E-state index is 12.7. The minimum absolute atomic E-state index is 0.0494. The fourth-order valence-corrected chi connectivity index (χ4v) is 1.39. The number of benzene rings is 1. The van der Waals surface area contributed by atoms with Crippen molar-refractivity contribution in [2.75, 3.05) is 13.7 Å². The fraction of sp³-hybridized carbons (Fsp3) is 0.333. The molecule has 1 rings (SSSR count). The van der Waals surface area contributed by atoms with Gasteiger partial charge < -0.3 is 16.2 Å². The Morgan fingerprint density at radius 1 is 1.42 bits per heavy atom. The number of hydrogen-bond acceptors (Lipinski definition) is 3. The zero-order valence-corrected chi connectivity index (χ0v) is 10.6. The number of hydrogen-bond donors (Lipinski definition) is 2. The van der Waals surface area contributed by atoms with E-state index in [1.807, 2.05) is 0 Å². The highest BCUT2D eigenvalue weighted by atomic mass is 19.1. The van der Waals surface area contributed by atoms with Crippen molar-refractivity contribution >= 4 is 12.1 Å². The molecule has 1 aromatic carbocycles. The molecule has 0 aromatic heterocycles. The van der Waals surface area contributed by atoms with Gasteiger partial charge in [-0.3, -0.25) is 0 Å². The molecular formula is C12H17FN3O3+. The van der Waals surface area contributed by atoms with E-state index in [1.165, 1.54) is 19.2 Å². The van der Waals surface area contributed by atoms with Crippen LogP contribution >= 0.6 is 0 Å². The summed E-state index contributed by atoms with van der Waals surface area (Å²) >= 11 is 0. The van der Waals surface area contributed by atoms with Gasteiger partial charge in [0.15, 0.2) is 0 Å². The number of nitrogens with two attached hydrogens (primary N) is 1. The molecule has 1 aromatic rings. The fourth-order valence-electron chi connectivity index (χ4n) is 1.39. The van der Waals surface area contributed by atoms with Gasteiger partial charge in [-0.2, -0.15) is 0 Å². The minimum Gasteiger partial charge on any atom is -0.443 e. The third kappa shape index (κ3) is 4.92. The Morgan fingerprint density at radius 2 is 2.00 bits per heavy atom. The molecule has 0 aliphatic rings. The number of imide groups is 1. The number of ether oxygens (including phenoxy) is 1. The van der Waals surface area contributed by atoms with E-state index in [4.69, 9.17) is 10.5 Å². The second-order valence-corrected chi connectivity index (χ2v) is 4.17. The third-order valence-corrected chi connectivity index (χ3v) is 2.48. The molecule has 0 saturated heterocycles. The molecule has 5 N–H and O–H groups in total. The quantitative estimate of drug-likeness (QED) is 0.813. The highest BCUT2D eigenvalue weighted by Crippen LogP contribution is 2.05. The summed E-state index contributed by atoms with van der Waals surface area (Å²) in [6, 6.07) is 4.92. The molecule has 104 valence electrons. The van der Waals surface area contributed by atoms with Crippen molar-refractivity contribution in [2.24, 2.45) is 5.73 Å². The molecule has 0 aliphatic carbocycles. The second-order valence-electron chi connectivity index (χ2n) is 4.17. The first-order valence-electron chi connectivity index (χ1n) is 5.67. The van der Waals surface area contributed by atoms with Gasteiger partial charge in [-0.15, -0.1) is 0 Å². The van der Waals surface area contributed by atoms with Crippen LogP contribution in [0.3, 0.4) is 0 Å². The average Bonchev–Trinajstić information content (AvgIpc) is 2.37. The van der Waals surface area contributed by atoms with E-state index < -0.39 is 12.1 Å². The summed E-state index contributed by atoms with van der Waals surface area (Å²) in [7, 11) is 1.22. The Kier molecular flexibility index (Phi) is 5.25. The van der Waals surface area contributed by atoms with Crippen LogP contribution in [0.15, 0.2) is 24.3 Å². The number of rotatable bonds is 4. The summed E-state index contributed by atoms with van der Waals surface area (Å²) in [5.41, 5.74) is 9.63. The van der Waals surface area contributed by atoms with Gasteiger partial charge in [-0.25, -0.2) is 18.9 Å². The number of quaternary nitrogens is 1. The zero-order chi connectivity index (χ0) is 14.4.